The predicted molar refractivity (Wildman–Crippen MR) is 146 cm³/mol. The summed E-state index contributed by atoms with van der Waals surface area (Å²) in [5.41, 5.74) is 2.04. The van der Waals surface area contributed by atoms with Gasteiger partial charge in [0, 0.05) is 12.1 Å². The van der Waals surface area contributed by atoms with Crippen LogP contribution >= 0.6 is 11.8 Å². The minimum atomic E-state index is -1.05. The molecule has 2 amide bonds. The van der Waals surface area contributed by atoms with E-state index in [0.29, 0.717) is 34.6 Å². The number of thioether (sulfide) groups is 1. The van der Waals surface area contributed by atoms with E-state index in [1.165, 1.54) is 36.0 Å². The first kappa shape index (κ1) is 26.1. The standard InChI is InChI=1S/C28H25N3O7S/c1-2-36-21-10-8-20(9-11-21)30-28-31(15-17-3-12-22-23(13-17)38-16-37-22)26(33)24(39-28)14-25(32)29-19-6-4-18(5-7-19)27(34)35/h3-13,24H,2,14-16H2,1H3,(H,29,32)(H,34,35)/t24-/m1/s1. The molecule has 11 heteroatoms. The lowest BCUT2D eigenvalue weighted by molar-refractivity contribution is -0.128. The Morgan fingerprint density at radius 2 is 1.82 bits per heavy atom. The number of rotatable bonds is 9. The third kappa shape index (κ3) is 6.15. The molecule has 1 fully saturated rings. The van der Waals surface area contributed by atoms with Crippen molar-refractivity contribution in [1.29, 1.82) is 0 Å². The van der Waals surface area contributed by atoms with Crippen molar-refractivity contribution < 1.29 is 33.7 Å². The van der Waals surface area contributed by atoms with Crippen molar-refractivity contribution in [3.05, 3.63) is 77.9 Å². The van der Waals surface area contributed by atoms with Crippen molar-refractivity contribution in [2.75, 3.05) is 18.7 Å². The zero-order chi connectivity index (χ0) is 27.4. The van der Waals surface area contributed by atoms with E-state index in [0.717, 1.165) is 11.3 Å². The van der Waals surface area contributed by atoms with Crippen LogP contribution in [0.25, 0.3) is 0 Å². The number of aliphatic imine (C=N–C) groups is 1. The van der Waals surface area contributed by atoms with E-state index in [9.17, 15) is 14.4 Å². The Hall–Kier alpha value is -4.51. The number of amidine groups is 1. The number of anilines is 1. The molecule has 5 rings (SSSR count). The van der Waals surface area contributed by atoms with Gasteiger partial charge in [0.15, 0.2) is 16.7 Å². The van der Waals surface area contributed by atoms with E-state index in [-0.39, 0.29) is 37.1 Å². The fourth-order valence-corrected chi connectivity index (χ4v) is 5.22. The highest BCUT2D eigenvalue weighted by molar-refractivity contribution is 8.15. The van der Waals surface area contributed by atoms with Gasteiger partial charge in [0.05, 0.1) is 24.4 Å². The van der Waals surface area contributed by atoms with E-state index in [1.807, 2.05) is 43.3 Å². The fraction of sp³-hybridized carbons (Fsp3) is 0.214. The Balaban J connectivity index is 1.34. The third-order valence-corrected chi connectivity index (χ3v) is 7.13. The van der Waals surface area contributed by atoms with Crippen LogP contribution in [0.1, 0.15) is 29.3 Å². The van der Waals surface area contributed by atoms with Crippen molar-refractivity contribution >= 4 is 46.1 Å². The van der Waals surface area contributed by atoms with Crippen molar-refractivity contribution in [2.45, 2.75) is 25.1 Å². The van der Waals surface area contributed by atoms with E-state index < -0.39 is 11.2 Å². The van der Waals surface area contributed by atoms with Gasteiger partial charge in [-0.05, 0) is 73.2 Å². The molecule has 3 aromatic carbocycles. The van der Waals surface area contributed by atoms with Gasteiger partial charge >= 0.3 is 5.97 Å². The lowest BCUT2D eigenvalue weighted by Gasteiger charge is -2.17. The second-order valence-corrected chi connectivity index (χ2v) is 9.84. The average Bonchev–Trinajstić information content (AvgIpc) is 3.50. The number of carbonyl (C=O) groups is 3. The first-order chi connectivity index (χ1) is 18.9. The number of amides is 2. The number of carbonyl (C=O) groups excluding carboxylic acids is 2. The van der Waals surface area contributed by atoms with Crippen LogP contribution < -0.4 is 19.5 Å². The molecule has 0 unspecified atom stereocenters. The Labute approximate surface area is 228 Å². The zero-order valence-electron chi connectivity index (χ0n) is 21.0. The highest BCUT2D eigenvalue weighted by atomic mass is 32.2. The number of ether oxygens (including phenoxy) is 3. The van der Waals surface area contributed by atoms with Crippen LogP contribution in [0, 0.1) is 0 Å². The van der Waals surface area contributed by atoms with Gasteiger partial charge in [-0.15, -0.1) is 0 Å². The SMILES string of the molecule is CCOc1ccc(N=C2S[C@H](CC(=O)Nc3ccc(C(=O)O)cc3)C(=O)N2Cc2ccc3c(c2)OCO3)cc1. The van der Waals surface area contributed by atoms with Gasteiger partial charge in [0.2, 0.25) is 18.6 Å². The van der Waals surface area contributed by atoms with E-state index in [2.05, 4.69) is 5.32 Å². The summed E-state index contributed by atoms with van der Waals surface area (Å²) in [4.78, 5) is 43.6. The van der Waals surface area contributed by atoms with Gasteiger partial charge in [-0.1, -0.05) is 17.8 Å². The molecule has 3 aromatic rings. The summed E-state index contributed by atoms with van der Waals surface area (Å²) >= 11 is 1.23. The van der Waals surface area contributed by atoms with Gasteiger partial charge in [-0.3, -0.25) is 14.5 Å². The first-order valence-corrected chi connectivity index (χ1v) is 13.1. The Morgan fingerprint density at radius 1 is 1.08 bits per heavy atom. The molecular weight excluding hydrogens is 522 g/mol. The number of hydrogen-bond acceptors (Lipinski definition) is 8. The normalized spacial score (nSPS) is 16.9. The number of carboxylic acids is 1. The number of hydrogen-bond donors (Lipinski definition) is 2. The minimum absolute atomic E-state index is 0.0792. The summed E-state index contributed by atoms with van der Waals surface area (Å²) in [6.45, 7) is 2.85. The maximum Gasteiger partial charge on any atom is 0.335 e. The molecule has 1 saturated heterocycles. The van der Waals surface area contributed by atoms with Crippen LogP contribution in [0.15, 0.2) is 71.7 Å². The molecule has 39 heavy (non-hydrogen) atoms. The van der Waals surface area contributed by atoms with Gasteiger partial charge in [-0.25, -0.2) is 9.79 Å². The molecule has 0 bridgehead atoms. The quantitative estimate of drug-likeness (QED) is 0.396. The molecule has 0 spiro atoms. The minimum Gasteiger partial charge on any atom is -0.494 e. The predicted octanol–water partition coefficient (Wildman–Crippen LogP) is 4.67. The van der Waals surface area contributed by atoms with E-state index in [1.54, 1.807) is 11.0 Å². The molecule has 2 aliphatic rings. The summed E-state index contributed by atoms with van der Waals surface area (Å²) in [6.07, 6.45) is -0.0792. The van der Waals surface area contributed by atoms with Gasteiger partial charge in [0.25, 0.3) is 0 Å². The second-order valence-electron chi connectivity index (χ2n) is 8.67. The number of fused-ring (bicyclic) bond motifs is 1. The van der Waals surface area contributed by atoms with Crippen molar-refractivity contribution in [3.63, 3.8) is 0 Å². The summed E-state index contributed by atoms with van der Waals surface area (Å²) in [5, 5.41) is 11.6. The largest absolute Gasteiger partial charge is 0.494 e. The smallest absolute Gasteiger partial charge is 0.335 e. The van der Waals surface area contributed by atoms with E-state index >= 15 is 0 Å². The van der Waals surface area contributed by atoms with Crippen LogP contribution in [-0.4, -0.2) is 51.6 Å². The second kappa shape index (κ2) is 11.5. The third-order valence-electron chi connectivity index (χ3n) is 5.96. The lowest BCUT2D eigenvalue weighted by atomic mass is 10.1. The van der Waals surface area contributed by atoms with E-state index in [4.69, 9.17) is 24.3 Å². The Bertz CT molecular complexity index is 1420. The fourth-order valence-electron chi connectivity index (χ4n) is 4.06. The molecular formula is C28H25N3O7S. The molecule has 2 N–H and O–H groups in total. The molecule has 0 radical (unpaired) electrons. The molecule has 10 nitrogen and oxygen atoms in total. The van der Waals surface area contributed by atoms with Crippen LogP contribution in [0.2, 0.25) is 0 Å². The summed E-state index contributed by atoms with van der Waals surface area (Å²) in [7, 11) is 0. The van der Waals surface area contributed by atoms with Crippen LogP contribution in [0.3, 0.4) is 0 Å². The molecule has 0 saturated carbocycles. The Morgan fingerprint density at radius 3 is 2.54 bits per heavy atom. The molecule has 2 aliphatic heterocycles. The van der Waals surface area contributed by atoms with Crippen LogP contribution in [-0.2, 0) is 16.1 Å². The number of benzene rings is 3. The number of carboxylic acid groups (broad SMARTS) is 1. The monoisotopic (exact) mass is 547 g/mol. The van der Waals surface area contributed by atoms with Crippen LogP contribution in [0.5, 0.6) is 17.2 Å². The zero-order valence-corrected chi connectivity index (χ0v) is 21.8. The Kier molecular flexibility index (Phi) is 7.69. The number of nitrogens with one attached hydrogen (secondary N) is 1. The lowest BCUT2D eigenvalue weighted by Crippen LogP contribution is -2.33. The topological polar surface area (TPSA) is 127 Å². The summed E-state index contributed by atoms with van der Waals surface area (Å²) in [6, 6.07) is 18.6. The molecule has 200 valence electrons. The van der Waals surface area contributed by atoms with Gasteiger partial charge in [-0.2, -0.15) is 0 Å². The maximum atomic E-state index is 13.5. The van der Waals surface area contributed by atoms with Crippen molar-refractivity contribution in [3.8, 4) is 17.2 Å². The average molecular weight is 548 g/mol. The van der Waals surface area contributed by atoms with Gasteiger partial charge < -0.3 is 24.6 Å². The molecule has 0 aromatic heterocycles. The highest BCUT2D eigenvalue weighted by Crippen LogP contribution is 2.36. The molecule has 0 aliphatic carbocycles. The first-order valence-electron chi connectivity index (χ1n) is 12.2. The van der Waals surface area contributed by atoms with Crippen molar-refractivity contribution in [2.24, 2.45) is 4.99 Å². The summed E-state index contributed by atoms with van der Waals surface area (Å²) in [5.74, 6) is 0.326. The summed E-state index contributed by atoms with van der Waals surface area (Å²) < 4.78 is 16.4. The van der Waals surface area contributed by atoms with Crippen molar-refractivity contribution in [1.82, 2.24) is 4.90 Å². The van der Waals surface area contributed by atoms with Crippen LogP contribution in [0.4, 0.5) is 11.4 Å². The highest BCUT2D eigenvalue weighted by Gasteiger charge is 2.39. The maximum absolute atomic E-state index is 13.5. The number of nitrogens with zero attached hydrogens (tertiary/aromatic N) is 2. The molecule has 1 atom stereocenters. The van der Waals surface area contributed by atoms with Gasteiger partial charge in [0.1, 0.15) is 11.0 Å². The molecule has 2 heterocycles. The number of aromatic carboxylic acids is 1.